The van der Waals surface area contributed by atoms with Crippen LogP contribution in [-0.4, -0.2) is 23.9 Å². The summed E-state index contributed by atoms with van der Waals surface area (Å²) in [5.74, 6) is 1.25. The van der Waals surface area contributed by atoms with Crippen LogP contribution in [-0.2, 0) is 11.2 Å². The maximum absolute atomic E-state index is 12.0. The Balaban J connectivity index is 1.95. The van der Waals surface area contributed by atoms with E-state index in [9.17, 15) is 4.79 Å². The van der Waals surface area contributed by atoms with Gasteiger partial charge >= 0.3 is 0 Å². The fourth-order valence-electron chi connectivity index (χ4n) is 2.06. The standard InChI is InChI=1S/C17H15N3O2/c18-10-12-20(13-11-19)17(21)9-7-15-6-8-16(22-15)14-4-2-1-3-5-14/h1-6,8H,7,9,12-13H2. The van der Waals surface area contributed by atoms with Gasteiger partial charge in [0.25, 0.3) is 0 Å². The van der Waals surface area contributed by atoms with Crippen LogP contribution in [0.1, 0.15) is 12.2 Å². The lowest BCUT2D eigenvalue weighted by atomic mass is 10.2. The first-order valence-electron chi connectivity index (χ1n) is 6.90. The molecule has 5 heteroatoms. The summed E-state index contributed by atoms with van der Waals surface area (Å²) < 4.78 is 5.72. The second-order valence-electron chi connectivity index (χ2n) is 4.70. The van der Waals surface area contributed by atoms with Crippen LogP contribution < -0.4 is 0 Å². The van der Waals surface area contributed by atoms with Crippen LogP contribution in [0.3, 0.4) is 0 Å². The van der Waals surface area contributed by atoms with Crippen LogP contribution in [0.2, 0.25) is 0 Å². The molecule has 0 aliphatic carbocycles. The molecule has 0 atom stereocenters. The Labute approximate surface area is 129 Å². The van der Waals surface area contributed by atoms with Crippen molar-refractivity contribution in [3.63, 3.8) is 0 Å². The van der Waals surface area contributed by atoms with Crippen LogP contribution in [0.15, 0.2) is 46.9 Å². The normalized spacial score (nSPS) is 9.73. The van der Waals surface area contributed by atoms with E-state index in [4.69, 9.17) is 14.9 Å². The predicted octanol–water partition coefficient (Wildman–Crippen LogP) is 2.75. The first-order chi connectivity index (χ1) is 10.7. The summed E-state index contributed by atoms with van der Waals surface area (Å²) >= 11 is 0. The Morgan fingerprint density at radius 3 is 2.36 bits per heavy atom. The number of nitrogens with zero attached hydrogens (tertiary/aromatic N) is 3. The fraction of sp³-hybridized carbons (Fsp3) is 0.235. The summed E-state index contributed by atoms with van der Waals surface area (Å²) in [7, 11) is 0. The largest absolute Gasteiger partial charge is 0.461 e. The quantitative estimate of drug-likeness (QED) is 0.767. The summed E-state index contributed by atoms with van der Waals surface area (Å²) in [5.41, 5.74) is 0.982. The Kier molecular flexibility index (Phi) is 5.34. The molecule has 0 bridgehead atoms. The number of carbonyl (C=O) groups is 1. The Morgan fingerprint density at radius 1 is 1.05 bits per heavy atom. The second kappa shape index (κ2) is 7.66. The number of hydrogen-bond acceptors (Lipinski definition) is 4. The summed E-state index contributed by atoms with van der Waals surface area (Å²) in [6.07, 6.45) is 0.657. The topological polar surface area (TPSA) is 81.0 Å². The minimum absolute atomic E-state index is 0.0696. The first-order valence-corrected chi connectivity index (χ1v) is 6.90. The highest BCUT2D eigenvalue weighted by molar-refractivity contribution is 5.76. The van der Waals surface area contributed by atoms with E-state index in [1.165, 1.54) is 4.90 Å². The molecule has 0 saturated heterocycles. The highest BCUT2D eigenvalue weighted by Gasteiger charge is 2.14. The molecular formula is C17H15N3O2. The van der Waals surface area contributed by atoms with Gasteiger partial charge in [-0.1, -0.05) is 30.3 Å². The molecule has 0 unspecified atom stereocenters. The fourth-order valence-corrected chi connectivity index (χ4v) is 2.06. The molecule has 0 spiro atoms. The van der Waals surface area contributed by atoms with E-state index in [0.29, 0.717) is 12.2 Å². The lowest BCUT2D eigenvalue weighted by molar-refractivity contribution is -0.130. The van der Waals surface area contributed by atoms with Crippen LogP contribution in [0.25, 0.3) is 11.3 Å². The average molecular weight is 293 g/mol. The van der Waals surface area contributed by atoms with E-state index in [2.05, 4.69) is 0 Å². The van der Waals surface area contributed by atoms with Crippen molar-refractivity contribution >= 4 is 5.91 Å². The number of nitriles is 2. The van der Waals surface area contributed by atoms with Gasteiger partial charge in [0, 0.05) is 18.4 Å². The smallest absolute Gasteiger partial charge is 0.224 e. The van der Waals surface area contributed by atoms with E-state index in [1.54, 1.807) is 0 Å². The monoisotopic (exact) mass is 293 g/mol. The van der Waals surface area contributed by atoms with Crippen molar-refractivity contribution in [1.29, 1.82) is 10.5 Å². The zero-order valence-corrected chi connectivity index (χ0v) is 12.0. The lowest BCUT2D eigenvalue weighted by Gasteiger charge is -2.14. The molecule has 5 nitrogen and oxygen atoms in total. The molecule has 2 rings (SSSR count). The first kappa shape index (κ1) is 15.3. The maximum atomic E-state index is 12.0. The number of rotatable bonds is 6. The SMILES string of the molecule is N#CCN(CC#N)C(=O)CCc1ccc(-c2ccccc2)o1. The number of aryl methyl sites for hydroxylation is 1. The van der Waals surface area contributed by atoms with Crippen molar-refractivity contribution in [2.24, 2.45) is 0 Å². The van der Waals surface area contributed by atoms with E-state index >= 15 is 0 Å². The van der Waals surface area contributed by atoms with Gasteiger partial charge in [-0.3, -0.25) is 4.79 Å². The van der Waals surface area contributed by atoms with E-state index < -0.39 is 0 Å². The highest BCUT2D eigenvalue weighted by Crippen LogP contribution is 2.22. The minimum atomic E-state index is -0.222. The summed E-state index contributed by atoms with van der Waals surface area (Å²) in [4.78, 5) is 13.2. The summed E-state index contributed by atoms with van der Waals surface area (Å²) in [6, 6.07) is 17.2. The molecule has 0 saturated carbocycles. The van der Waals surface area contributed by atoms with Gasteiger partial charge in [-0.05, 0) is 12.1 Å². The molecule has 0 radical (unpaired) electrons. The summed E-state index contributed by atoms with van der Waals surface area (Å²) in [5, 5.41) is 17.3. The predicted molar refractivity (Wildman–Crippen MR) is 80.3 cm³/mol. The Morgan fingerprint density at radius 2 is 1.73 bits per heavy atom. The van der Waals surface area contributed by atoms with Gasteiger partial charge in [0.2, 0.25) is 5.91 Å². The van der Waals surface area contributed by atoms with Gasteiger partial charge in [0.15, 0.2) is 0 Å². The zero-order valence-electron chi connectivity index (χ0n) is 12.0. The van der Waals surface area contributed by atoms with Crippen molar-refractivity contribution < 1.29 is 9.21 Å². The van der Waals surface area contributed by atoms with Crippen LogP contribution in [0.4, 0.5) is 0 Å². The van der Waals surface area contributed by atoms with Crippen LogP contribution in [0.5, 0.6) is 0 Å². The third-order valence-electron chi connectivity index (χ3n) is 3.18. The number of carbonyl (C=O) groups excluding carboxylic acids is 1. The molecule has 1 aromatic carbocycles. The molecule has 1 heterocycles. The molecule has 1 aromatic heterocycles. The second-order valence-corrected chi connectivity index (χ2v) is 4.70. The molecule has 110 valence electrons. The highest BCUT2D eigenvalue weighted by atomic mass is 16.3. The minimum Gasteiger partial charge on any atom is -0.461 e. The van der Waals surface area contributed by atoms with Gasteiger partial charge < -0.3 is 9.32 Å². The molecular weight excluding hydrogens is 278 g/mol. The average Bonchev–Trinajstić information content (AvgIpc) is 3.02. The maximum Gasteiger partial charge on any atom is 0.224 e. The molecule has 0 aliphatic heterocycles. The van der Waals surface area contributed by atoms with E-state index in [1.807, 2.05) is 54.6 Å². The number of furan rings is 1. The third-order valence-corrected chi connectivity index (χ3v) is 3.18. The molecule has 0 N–H and O–H groups in total. The van der Waals surface area contributed by atoms with Crippen LogP contribution >= 0.6 is 0 Å². The van der Waals surface area contributed by atoms with Crippen LogP contribution in [0, 0.1) is 22.7 Å². The number of amides is 1. The van der Waals surface area contributed by atoms with Gasteiger partial charge in [0.1, 0.15) is 24.6 Å². The summed E-state index contributed by atoms with van der Waals surface area (Å²) in [6.45, 7) is -0.139. The third kappa shape index (κ3) is 3.97. The molecule has 2 aromatic rings. The van der Waals surface area contributed by atoms with E-state index in [-0.39, 0.29) is 25.4 Å². The molecule has 1 amide bonds. The van der Waals surface area contributed by atoms with Crippen molar-refractivity contribution in [2.75, 3.05) is 13.1 Å². The van der Waals surface area contributed by atoms with Crippen molar-refractivity contribution in [1.82, 2.24) is 4.90 Å². The molecule has 0 fully saturated rings. The van der Waals surface area contributed by atoms with Gasteiger partial charge in [-0.25, -0.2) is 0 Å². The molecule has 0 aliphatic rings. The Hall–Kier alpha value is -3.05. The van der Waals surface area contributed by atoms with E-state index in [0.717, 1.165) is 11.3 Å². The van der Waals surface area contributed by atoms with Crippen molar-refractivity contribution in [3.8, 4) is 23.5 Å². The van der Waals surface area contributed by atoms with Gasteiger partial charge in [0.05, 0.1) is 12.1 Å². The van der Waals surface area contributed by atoms with Crippen molar-refractivity contribution in [2.45, 2.75) is 12.8 Å². The number of benzene rings is 1. The van der Waals surface area contributed by atoms with Gasteiger partial charge in [-0.15, -0.1) is 0 Å². The lowest BCUT2D eigenvalue weighted by Crippen LogP contribution is -2.31. The van der Waals surface area contributed by atoms with Crippen molar-refractivity contribution in [3.05, 3.63) is 48.2 Å². The Bertz CT molecular complexity index is 691. The number of hydrogen-bond donors (Lipinski definition) is 0. The molecule has 22 heavy (non-hydrogen) atoms. The zero-order chi connectivity index (χ0) is 15.8. The van der Waals surface area contributed by atoms with Gasteiger partial charge in [-0.2, -0.15) is 10.5 Å².